The highest BCUT2D eigenvalue weighted by Crippen LogP contribution is 2.00. The molecule has 7 N–H and O–H groups in total. The predicted octanol–water partition coefficient (Wildman–Crippen LogP) is -2.74. The summed E-state index contributed by atoms with van der Waals surface area (Å²) in [5, 5.41) is 22.8. The molecule has 0 aliphatic heterocycles. The van der Waals surface area contributed by atoms with Gasteiger partial charge in [-0.25, -0.2) is 9.78 Å². The number of nitrogens with one attached hydrogen (secondary N) is 3. The van der Waals surface area contributed by atoms with E-state index in [2.05, 4.69) is 33.2 Å². The first-order valence-corrected chi connectivity index (χ1v) is 7.30. The Bertz CT molecular complexity index is 538. The molecule has 0 aliphatic rings. The number of H-pyrrole nitrogens is 1. The van der Waals surface area contributed by atoms with Crippen molar-refractivity contribution in [3.8, 4) is 0 Å². The summed E-state index contributed by atoms with van der Waals surface area (Å²) >= 11 is 3.85. The smallest absolute Gasteiger partial charge is 0.326 e. The largest absolute Gasteiger partial charge is 0.480 e. The minimum absolute atomic E-state index is 0.0245. The zero-order valence-electron chi connectivity index (χ0n) is 12.1. The molecule has 0 radical (unpaired) electrons. The van der Waals surface area contributed by atoms with Gasteiger partial charge in [0.2, 0.25) is 11.8 Å². The molecule has 3 atom stereocenters. The van der Waals surface area contributed by atoms with Gasteiger partial charge < -0.3 is 31.6 Å². The number of carboxylic acids is 1. The van der Waals surface area contributed by atoms with Gasteiger partial charge in [-0.15, -0.1) is 0 Å². The van der Waals surface area contributed by atoms with E-state index in [0.717, 1.165) is 0 Å². The van der Waals surface area contributed by atoms with Crippen LogP contribution in [0.1, 0.15) is 5.69 Å². The molecule has 1 rings (SSSR count). The molecule has 0 aliphatic carbocycles. The highest BCUT2D eigenvalue weighted by atomic mass is 32.1. The second kappa shape index (κ2) is 9.12. The van der Waals surface area contributed by atoms with Gasteiger partial charge in [0, 0.05) is 24.1 Å². The number of carbonyl (C=O) groups is 3. The molecular formula is C12H19N5O5S. The summed E-state index contributed by atoms with van der Waals surface area (Å²) in [6.07, 6.45) is 2.79. The van der Waals surface area contributed by atoms with Crippen LogP contribution in [0.5, 0.6) is 0 Å². The van der Waals surface area contributed by atoms with Crippen LogP contribution in [0.2, 0.25) is 0 Å². The van der Waals surface area contributed by atoms with Gasteiger partial charge in [0.05, 0.1) is 19.0 Å². The number of hydrogen-bond donors (Lipinski definition) is 7. The predicted molar refractivity (Wildman–Crippen MR) is 82.7 cm³/mol. The van der Waals surface area contributed by atoms with Crippen molar-refractivity contribution in [3.05, 3.63) is 18.2 Å². The minimum Gasteiger partial charge on any atom is -0.480 e. The van der Waals surface area contributed by atoms with Crippen LogP contribution in [0.25, 0.3) is 0 Å². The van der Waals surface area contributed by atoms with E-state index in [-0.39, 0.29) is 12.2 Å². The summed E-state index contributed by atoms with van der Waals surface area (Å²) < 4.78 is 0. The fourth-order valence-corrected chi connectivity index (χ4v) is 1.81. The van der Waals surface area contributed by atoms with Crippen LogP contribution in [-0.4, -0.2) is 68.4 Å². The van der Waals surface area contributed by atoms with Crippen molar-refractivity contribution in [2.24, 2.45) is 5.73 Å². The zero-order chi connectivity index (χ0) is 17.4. The van der Waals surface area contributed by atoms with E-state index in [1.165, 1.54) is 12.5 Å². The lowest BCUT2D eigenvalue weighted by atomic mass is 10.1. The summed E-state index contributed by atoms with van der Waals surface area (Å²) in [7, 11) is 0. The van der Waals surface area contributed by atoms with Crippen LogP contribution in [0.3, 0.4) is 0 Å². The average molecular weight is 345 g/mol. The molecule has 10 nitrogen and oxygen atoms in total. The Hall–Kier alpha value is -2.11. The number of rotatable bonds is 9. The fraction of sp³-hybridized carbons (Fsp3) is 0.500. The third kappa shape index (κ3) is 5.88. The lowest BCUT2D eigenvalue weighted by molar-refractivity contribution is -0.142. The second-order valence-electron chi connectivity index (χ2n) is 4.71. The molecule has 1 aromatic heterocycles. The number of nitrogens with two attached hydrogens (primary N) is 1. The van der Waals surface area contributed by atoms with Crippen molar-refractivity contribution in [2.45, 2.75) is 24.5 Å². The van der Waals surface area contributed by atoms with E-state index in [1.807, 2.05) is 0 Å². The number of aliphatic carboxylic acids is 1. The number of aromatic nitrogens is 2. The number of aliphatic hydroxyl groups is 1. The first-order valence-electron chi connectivity index (χ1n) is 6.67. The van der Waals surface area contributed by atoms with Crippen LogP contribution in [0.4, 0.5) is 0 Å². The van der Waals surface area contributed by atoms with Crippen molar-refractivity contribution < 1.29 is 24.6 Å². The second-order valence-corrected chi connectivity index (χ2v) is 5.08. The number of nitrogens with zero attached hydrogens (tertiary/aromatic N) is 1. The lowest BCUT2D eigenvalue weighted by Gasteiger charge is -2.20. The Kier molecular flexibility index (Phi) is 7.51. The standard InChI is InChI=1S/C12H19N5O5S/c13-7(4-23)10(19)17-9(3-18)11(20)16-8(12(21)22)1-6-2-14-5-15-6/h2,5,7-9,18,23H,1,3-4,13H2,(H,14,15)(H,16,20)(H,17,19)(H,21,22). The zero-order valence-corrected chi connectivity index (χ0v) is 13.0. The number of carboxylic acid groups (broad SMARTS) is 1. The Morgan fingerprint density at radius 3 is 2.43 bits per heavy atom. The van der Waals surface area contributed by atoms with Crippen molar-refractivity contribution >= 4 is 30.4 Å². The average Bonchev–Trinajstić information content (AvgIpc) is 3.03. The van der Waals surface area contributed by atoms with Gasteiger partial charge in [0.15, 0.2) is 0 Å². The third-order valence-corrected chi connectivity index (χ3v) is 3.34. The van der Waals surface area contributed by atoms with E-state index in [9.17, 15) is 19.5 Å². The van der Waals surface area contributed by atoms with Gasteiger partial charge >= 0.3 is 5.97 Å². The number of hydrogen-bond acceptors (Lipinski definition) is 7. The highest BCUT2D eigenvalue weighted by molar-refractivity contribution is 7.80. The summed E-state index contributed by atoms with van der Waals surface area (Å²) in [5.41, 5.74) is 5.97. The van der Waals surface area contributed by atoms with Gasteiger partial charge in [-0.05, 0) is 0 Å². The molecule has 11 heteroatoms. The topological polar surface area (TPSA) is 170 Å². The van der Waals surface area contributed by atoms with Crippen molar-refractivity contribution in [2.75, 3.05) is 12.4 Å². The van der Waals surface area contributed by atoms with E-state index in [0.29, 0.717) is 5.69 Å². The van der Waals surface area contributed by atoms with Gasteiger partial charge in [-0.1, -0.05) is 0 Å². The first kappa shape index (κ1) is 18.9. The maximum atomic E-state index is 12.0. The van der Waals surface area contributed by atoms with Crippen LogP contribution in [0, 0.1) is 0 Å². The molecule has 1 heterocycles. The molecule has 128 valence electrons. The minimum atomic E-state index is -1.31. The SMILES string of the molecule is NC(CS)C(=O)NC(CO)C(=O)NC(Cc1cnc[nH]1)C(=O)O. The van der Waals surface area contributed by atoms with E-state index in [4.69, 9.17) is 10.8 Å². The monoisotopic (exact) mass is 345 g/mol. The summed E-state index contributed by atoms with van der Waals surface area (Å²) in [5.74, 6) is -2.71. The van der Waals surface area contributed by atoms with Gasteiger partial charge in [0.1, 0.15) is 12.1 Å². The Balaban J connectivity index is 2.68. The summed E-state index contributed by atoms with van der Waals surface area (Å²) in [6.45, 7) is -0.701. The quantitative estimate of drug-likeness (QED) is 0.238. The fourth-order valence-electron chi connectivity index (χ4n) is 1.64. The Morgan fingerprint density at radius 1 is 1.30 bits per heavy atom. The molecule has 0 spiro atoms. The molecule has 1 aromatic rings. The molecule has 0 saturated heterocycles. The van der Waals surface area contributed by atoms with Crippen molar-refractivity contribution in [3.63, 3.8) is 0 Å². The third-order valence-electron chi connectivity index (χ3n) is 2.94. The maximum Gasteiger partial charge on any atom is 0.326 e. The van der Waals surface area contributed by atoms with Gasteiger partial charge in [0.25, 0.3) is 0 Å². The normalized spacial score (nSPS) is 14.6. The number of imidazole rings is 1. The molecular weight excluding hydrogens is 326 g/mol. The van der Waals surface area contributed by atoms with Gasteiger partial charge in [-0.3, -0.25) is 9.59 Å². The maximum absolute atomic E-state index is 12.0. The van der Waals surface area contributed by atoms with E-state index < -0.39 is 42.5 Å². The van der Waals surface area contributed by atoms with E-state index in [1.54, 1.807) is 0 Å². The molecule has 0 saturated carbocycles. The molecule has 0 bridgehead atoms. The first-order chi connectivity index (χ1) is 10.9. The molecule has 23 heavy (non-hydrogen) atoms. The Morgan fingerprint density at radius 2 is 1.96 bits per heavy atom. The number of thiol groups is 1. The van der Waals surface area contributed by atoms with Crippen molar-refractivity contribution in [1.82, 2.24) is 20.6 Å². The lowest BCUT2D eigenvalue weighted by Crippen LogP contribution is -2.56. The molecule has 2 amide bonds. The van der Waals surface area contributed by atoms with E-state index >= 15 is 0 Å². The molecule has 3 unspecified atom stereocenters. The number of amides is 2. The number of aromatic amines is 1. The highest BCUT2D eigenvalue weighted by Gasteiger charge is 2.27. The van der Waals surface area contributed by atoms with Crippen molar-refractivity contribution in [1.29, 1.82) is 0 Å². The number of carbonyl (C=O) groups excluding carboxylic acids is 2. The molecule has 0 fully saturated rings. The molecule has 0 aromatic carbocycles. The van der Waals surface area contributed by atoms with Crippen LogP contribution < -0.4 is 16.4 Å². The summed E-state index contributed by atoms with van der Waals surface area (Å²) in [6, 6.07) is -3.50. The van der Waals surface area contributed by atoms with Crippen LogP contribution >= 0.6 is 12.6 Å². The van der Waals surface area contributed by atoms with Crippen LogP contribution in [0.15, 0.2) is 12.5 Å². The number of aliphatic hydroxyl groups excluding tert-OH is 1. The Labute approximate surface area is 137 Å². The van der Waals surface area contributed by atoms with Crippen LogP contribution in [-0.2, 0) is 20.8 Å². The summed E-state index contributed by atoms with van der Waals surface area (Å²) in [4.78, 5) is 41.3. The van der Waals surface area contributed by atoms with Gasteiger partial charge in [-0.2, -0.15) is 12.6 Å².